The zero-order valence-corrected chi connectivity index (χ0v) is 6.55. The fourth-order valence-corrected chi connectivity index (χ4v) is 0.529. The van der Waals surface area contributed by atoms with Crippen LogP contribution in [0.4, 0.5) is 4.39 Å². The summed E-state index contributed by atoms with van der Waals surface area (Å²) in [5.74, 6) is -1.21. The zero-order chi connectivity index (χ0) is 9.56. The van der Waals surface area contributed by atoms with Crippen molar-refractivity contribution in [3.8, 4) is 0 Å². The summed E-state index contributed by atoms with van der Waals surface area (Å²) in [5.41, 5.74) is 0.133. The molecule has 0 aliphatic heterocycles. The standard InChI is InChI=1S/C9H9FO2/c1-3-8(10)5-9(12)4-7(2)6-11/h3,5-6H,1-2,4H2. The summed E-state index contributed by atoms with van der Waals surface area (Å²) in [6, 6.07) is 0. The summed E-state index contributed by atoms with van der Waals surface area (Å²) in [4.78, 5) is 20.8. The van der Waals surface area contributed by atoms with E-state index in [-0.39, 0.29) is 12.0 Å². The van der Waals surface area contributed by atoms with Crippen molar-refractivity contribution in [3.05, 3.63) is 36.7 Å². The first-order chi connectivity index (χ1) is 5.60. The van der Waals surface area contributed by atoms with Crippen molar-refractivity contribution in [1.29, 1.82) is 0 Å². The molecule has 0 N–H and O–H groups in total. The molecule has 0 aromatic heterocycles. The average molecular weight is 168 g/mol. The Hall–Kier alpha value is -1.51. The number of hydrogen-bond acceptors (Lipinski definition) is 2. The first-order valence-corrected chi connectivity index (χ1v) is 3.25. The topological polar surface area (TPSA) is 34.1 Å². The van der Waals surface area contributed by atoms with Gasteiger partial charge >= 0.3 is 0 Å². The summed E-state index contributed by atoms with van der Waals surface area (Å²) in [5, 5.41) is 0. The van der Waals surface area contributed by atoms with Crippen molar-refractivity contribution in [3.63, 3.8) is 0 Å². The number of carbonyl (C=O) groups excluding carboxylic acids is 2. The molecule has 0 atom stereocenters. The van der Waals surface area contributed by atoms with E-state index < -0.39 is 11.6 Å². The summed E-state index contributed by atoms with van der Waals surface area (Å²) in [7, 11) is 0. The Bertz CT molecular complexity index is 251. The third-order valence-electron chi connectivity index (χ3n) is 1.06. The number of carbonyl (C=O) groups is 2. The van der Waals surface area contributed by atoms with E-state index in [0.717, 1.165) is 12.2 Å². The van der Waals surface area contributed by atoms with Crippen molar-refractivity contribution in [2.24, 2.45) is 0 Å². The van der Waals surface area contributed by atoms with Crippen LogP contribution in [-0.4, -0.2) is 12.1 Å². The molecule has 0 aliphatic carbocycles. The van der Waals surface area contributed by atoms with Crippen LogP contribution >= 0.6 is 0 Å². The van der Waals surface area contributed by atoms with Crippen LogP contribution in [0.25, 0.3) is 0 Å². The lowest BCUT2D eigenvalue weighted by atomic mass is 10.1. The van der Waals surface area contributed by atoms with E-state index in [2.05, 4.69) is 13.2 Å². The van der Waals surface area contributed by atoms with Gasteiger partial charge in [0.2, 0.25) is 0 Å². The van der Waals surface area contributed by atoms with E-state index >= 15 is 0 Å². The molecule has 0 rings (SSSR count). The largest absolute Gasteiger partial charge is 0.298 e. The van der Waals surface area contributed by atoms with Gasteiger partial charge in [0.25, 0.3) is 0 Å². The molecule has 12 heavy (non-hydrogen) atoms. The molecule has 0 saturated heterocycles. The van der Waals surface area contributed by atoms with Gasteiger partial charge in [0.05, 0.1) is 0 Å². The molecule has 0 bridgehead atoms. The van der Waals surface area contributed by atoms with Crippen LogP contribution < -0.4 is 0 Å². The first-order valence-electron chi connectivity index (χ1n) is 3.25. The van der Waals surface area contributed by atoms with E-state index in [1.54, 1.807) is 0 Å². The lowest BCUT2D eigenvalue weighted by Gasteiger charge is -1.91. The Morgan fingerprint density at radius 1 is 1.50 bits per heavy atom. The molecule has 0 aromatic rings. The second kappa shape index (κ2) is 5.18. The van der Waals surface area contributed by atoms with Crippen molar-refractivity contribution in [2.75, 3.05) is 0 Å². The third kappa shape index (κ3) is 4.33. The van der Waals surface area contributed by atoms with Gasteiger partial charge < -0.3 is 0 Å². The highest BCUT2D eigenvalue weighted by Crippen LogP contribution is 2.01. The van der Waals surface area contributed by atoms with Gasteiger partial charge in [-0.2, -0.15) is 0 Å². The lowest BCUT2D eigenvalue weighted by molar-refractivity contribution is -0.115. The molecular formula is C9H9FO2. The minimum absolute atomic E-state index is 0.133. The third-order valence-corrected chi connectivity index (χ3v) is 1.06. The molecule has 2 nitrogen and oxygen atoms in total. The second-order valence-corrected chi connectivity index (χ2v) is 2.15. The van der Waals surface area contributed by atoms with E-state index in [1.807, 2.05) is 0 Å². The van der Waals surface area contributed by atoms with Crippen LogP contribution in [0.1, 0.15) is 6.42 Å². The summed E-state index contributed by atoms with van der Waals surface area (Å²) in [6.07, 6.45) is 2.02. The summed E-state index contributed by atoms with van der Waals surface area (Å²) < 4.78 is 12.3. The molecule has 0 fully saturated rings. The molecule has 0 unspecified atom stereocenters. The number of rotatable bonds is 5. The van der Waals surface area contributed by atoms with Gasteiger partial charge in [-0.3, -0.25) is 9.59 Å². The van der Waals surface area contributed by atoms with Gasteiger partial charge in [-0.1, -0.05) is 13.2 Å². The molecule has 0 spiro atoms. The van der Waals surface area contributed by atoms with Crippen molar-refractivity contribution >= 4 is 12.1 Å². The maximum atomic E-state index is 12.3. The molecule has 64 valence electrons. The Labute approximate surface area is 70.1 Å². The van der Waals surface area contributed by atoms with Crippen LogP contribution in [0, 0.1) is 0 Å². The quantitative estimate of drug-likeness (QED) is 0.356. The monoisotopic (exact) mass is 168 g/mol. The highest BCUT2D eigenvalue weighted by Gasteiger charge is 2.01. The Balaban J connectivity index is 4.15. The smallest absolute Gasteiger partial charge is 0.163 e. The van der Waals surface area contributed by atoms with Gasteiger partial charge in [0.1, 0.15) is 12.1 Å². The van der Waals surface area contributed by atoms with E-state index in [0.29, 0.717) is 6.29 Å². The minimum Gasteiger partial charge on any atom is -0.298 e. The van der Waals surface area contributed by atoms with Gasteiger partial charge in [-0.25, -0.2) is 4.39 Å². The predicted octanol–water partition coefficient (Wildman–Crippen LogP) is 1.74. The number of ketones is 1. The molecule has 0 heterocycles. The Morgan fingerprint density at radius 3 is 2.50 bits per heavy atom. The minimum atomic E-state index is -0.710. The van der Waals surface area contributed by atoms with Crippen molar-refractivity contribution in [1.82, 2.24) is 0 Å². The van der Waals surface area contributed by atoms with Gasteiger partial charge in [0.15, 0.2) is 5.78 Å². The van der Waals surface area contributed by atoms with Gasteiger partial charge in [0, 0.05) is 12.5 Å². The SMILES string of the molecule is C=CC(F)=CC(=O)CC(=C)C=O. The van der Waals surface area contributed by atoms with Gasteiger partial charge in [-0.15, -0.1) is 0 Å². The Kier molecular flexibility index (Phi) is 4.53. The number of halogens is 1. The fraction of sp³-hybridized carbons (Fsp3) is 0.111. The first kappa shape index (κ1) is 10.5. The van der Waals surface area contributed by atoms with Gasteiger partial charge in [-0.05, 0) is 11.6 Å². The normalized spacial score (nSPS) is 10.6. The van der Waals surface area contributed by atoms with E-state index in [1.165, 1.54) is 0 Å². The number of aldehydes is 1. The average Bonchev–Trinajstić information content (AvgIpc) is 2.03. The maximum Gasteiger partial charge on any atom is 0.163 e. The van der Waals surface area contributed by atoms with Crippen LogP contribution in [-0.2, 0) is 9.59 Å². The Morgan fingerprint density at radius 2 is 2.08 bits per heavy atom. The summed E-state index contributed by atoms with van der Waals surface area (Å²) >= 11 is 0. The maximum absolute atomic E-state index is 12.3. The molecule has 0 amide bonds. The van der Waals surface area contributed by atoms with Crippen LogP contribution in [0.15, 0.2) is 36.7 Å². The molecule has 0 saturated carbocycles. The lowest BCUT2D eigenvalue weighted by Crippen LogP contribution is -1.96. The summed E-state index contributed by atoms with van der Waals surface area (Å²) in [6.45, 7) is 6.41. The molecule has 0 aromatic carbocycles. The molecule has 0 aliphatic rings. The van der Waals surface area contributed by atoms with E-state index in [9.17, 15) is 14.0 Å². The van der Waals surface area contributed by atoms with Crippen molar-refractivity contribution in [2.45, 2.75) is 6.42 Å². The zero-order valence-electron chi connectivity index (χ0n) is 6.55. The van der Waals surface area contributed by atoms with Crippen LogP contribution in [0.2, 0.25) is 0 Å². The predicted molar refractivity (Wildman–Crippen MR) is 44.2 cm³/mol. The highest BCUT2D eigenvalue weighted by molar-refractivity contribution is 5.96. The molecule has 3 heteroatoms. The molecular weight excluding hydrogens is 159 g/mol. The van der Waals surface area contributed by atoms with Crippen LogP contribution in [0.5, 0.6) is 0 Å². The van der Waals surface area contributed by atoms with Crippen LogP contribution in [0.3, 0.4) is 0 Å². The van der Waals surface area contributed by atoms with Crippen molar-refractivity contribution < 1.29 is 14.0 Å². The van der Waals surface area contributed by atoms with E-state index in [4.69, 9.17) is 0 Å². The number of hydrogen-bond donors (Lipinski definition) is 0. The second-order valence-electron chi connectivity index (χ2n) is 2.15. The number of allylic oxidation sites excluding steroid dienone is 4. The fourth-order valence-electron chi connectivity index (χ4n) is 0.529. The highest BCUT2D eigenvalue weighted by atomic mass is 19.1. The molecule has 0 radical (unpaired) electrons.